The van der Waals surface area contributed by atoms with Crippen LogP contribution in [0.2, 0.25) is 10.0 Å². The molecular weight excluding hydrogens is 325 g/mol. The molecule has 21 heavy (non-hydrogen) atoms. The quantitative estimate of drug-likeness (QED) is 0.846. The van der Waals surface area contributed by atoms with Gasteiger partial charge in [0.1, 0.15) is 16.7 Å². The topological polar surface area (TPSA) is 51.2 Å². The molecule has 4 nitrogen and oxygen atoms in total. The molecule has 0 aliphatic carbocycles. The Balaban J connectivity index is 2.07. The number of rotatable bonds is 3. The van der Waals surface area contributed by atoms with E-state index in [1.807, 2.05) is 6.07 Å². The summed E-state index contributed by atoms with van der Waals surface area (Å²) in [5.74, 6) is -2.56. The van der Waals surface area contributed by atoms with Crippen LogP contribution >= 0.6 is 23.2 Å². The molecule has 110 valence electrons. The number of halogens is 4. The predicted octanol–water partition coefficient (Wildman–Crippen LogP) is 4.42. The van der Waals surface area contributed by atoms with Crippen molar-refractivity contribution in [2.75, 3.05) is 5.32 Å². The van der Waals surface area contributed by atoms with Gasteiger partial charge in [-0.05, 0) is 5.56 Å². The number of carbonyl (C=O) groups excluding carboxylic acids is 1. The summed E-state index contributed by atoms with van der Waals surface area (Å²) in [6, 6.07) is 8.86. The smallest absolute Gasteiger partial charge is 0.412 e. The lowest BCUT2D eigenvalue weighted by molar-refractivity contribution is 0.155. The van der Waals surface area contributed by atoms with Crippen LogP contribution in [0.4, 0.5) is 19.3 Å². The monoisotopic (exact) mass is 332 g/mol. The van der Waals surface area contributed by atoms with Crippen molar-refractivity contribution in [1.29, 1.82) is 0 Å². The number of carbonyl (C=O) groups is 1. The molecule has 8 heteroatoms. The van der Waals surface area contributed by atoms with E-state index in [4.69, 9.17) is 27.9 Å². The van der Waals surface area contributed by atoms with Gasteiger partial charge in [-0.1, -0.05) is 53.5 Å². The van der Waals surface area contributed by atoms with Crippen LogP contribution in [-0.2, 0) is 11.3 Å². The first kappa shape index (κ1) is 15.5. The molecule has 1 N–H and O–H groups in total. The van der Waals surface area contributed by atoms with Crippen LogP contribution in [0.1, 0.15) is 5.56 Å². The Bertz CT molecular complexity index is 643. The molecular formula is C13H8Cl2F2N2O2. The zero-order valence-electron chi connectivity index (χ0n) is 10.4. The van der Waals surface area contributed by atoms with E-state index in [-0.39, 0.29) is 6.61 Å². The largest absolute Gasteiger partial charge is 0.444 e. The maximum atomic E-state index is 13.2. The number of ether oxygens (including phenoxy) is 1. The normalized spacial score (nSPS) is 10.3. The number of hydrogen-bond acceptors (Lipinski definition) is 3. The fourth-order valence-corrected chi connectivity index (χ4v) is 1.87. The molecule has 0 aliphatic heterocycles. The second-order valence-corrected chi connectivity index (χ2v) is 4.64. The van der Waals surface area contributed by atoms with E-state index in [9.17, 15) is 13.6 Å². The van der Waals surface area contributed by atoms with Crippen molar-refractivity contribution in [1.82, 2.24) is 4.98 Å². The fraction of sp³-hybridized carbons (Fsp3) is 0.0769. The van der Waals surface area contributed by atoms with Crippen molar-refractivity contribution in [3.63, 3.8) is 0 Å². The lowest BCUT2D eigenvalue weighted by atomic mass is 10.2. The summed E-state index contributed by atoms with van der Waals surface area (Å²) >= 11 is 11.1. The first-order chi connectivity index (χ1) is 9.99. The molecule has 0 aliphatic rings. The van der Waals surface area contributed by atoms with Gasteiger partial charge in [0.05, 0.1) is 5.69 Å². The third-order valence-corrected chi connectivity index (χ3v) is 3.13. The summed E-state index contributed by atoms with van der Waals surface area (Å²) in [4.78, 5) is 14.4. The molecule has 0 spiro atoms. The summed E-state index contributed by atoms with van der Waals surface area (Å²) in [6.45, 7) is -0.0159. The van der Waals surface area contributed by atoms with Gasteiger partial charge in [0.2, 0.25) is 11.9 Å². The Morgan fingerprint density at radius 1 is 1.14 bits per heavy atom. The first-order valence-electron chi connectivity index (χ1n) is 5.66. The molecule has 2 aromatic rings. The molecule has 1 heterocycles. The highest BCUT2D eigenvalue weighted by atomic mass is 35.5. The van der Waals surface area contributed by atoms with Crippen molar-refractivity contribution in [3.05, 3.63) is 57.8 Å². The second-order valence-electron chi connectivity index (χ2n) is 3.88. The van der Waals surface area contributed by atoms with Gasteiger partial charge >= 0.3 is 6.09 Å². The molecule has 1 aromatic heterocycles. The maximum absolute atomic E-state index is 13.2. The molecule has 0 saturated heterocycles. The maximum Gasteiger partial charge on any atom is 0.412 e. The van der Waals surface area contributed by atoms with Crippen molar-refractivity contribution >= 4 is 35.0 Å². The molecule has 0 radical (unpaired) electrons. The molecule has 1 amide bonds. The SMILES string of the molecule is O=C(Nc1c(Cl)c(F)nc(F)c1Cl)OCc1ccccc1. The fourth-order valence-electron chi connectivity index (χ4n) is 1.46. The Kier molecular flexibility index (Phi) is 4.93. The highest BCUT2D eigenvalue weighted by Gasteiger charge is 2.20. The van der Waals surface area contributed by atoms with Gasteiger partial charge in [-0.25, -0.2) is 4.79 Å². The van der Waals surface area contributed by atoms with E-state index in [0.717, 1.165) is 5.56 Å². The summed E-state index contributed by atoms with van der Waals surface area (Å²) in [5, 5.41) is 0.887. The van der Waals surface area contributed by atoms with Crippen LogP contribution in [0.25, 0.3) is 0 Å². The van der Waals surface area contributed by atoms with Gasteiger partial charge in [0.15, 0.2) is 0 Å². The molecule has 0 atom stereocenters. The zero-order valence-corrected chi connectivity index (χ0v) is 11.9. The standard InChI is InChI=1S/C13H8Cl2F2N2O2/c14-8-10(9(15)12(17)19-11(8)16)18-13(20)21-6-7-4-2-1-3-5-7/h1-5H,6H2,(H,18,19,20). The number of anilines is 1. The molecule has 0 unspecified atom stereocenters. The molecule has 0 saturated carbocycles. The average molecular weight is 333 g/mol. The minimum atomic E-state index is -1.28. The Hall–Kier alpha value is -1.92. The lowest BCUT2D eigenvalue weighted by Gasteiger charge is -2.10. The van der Waals surface area contributed by atoms with Crippen molar-refractivity contribution < 1.29 is 18.3 Å². The third kappa shape index (κ3) is 3.80. The molecule has 1 aromatic carbocycles. The van der Waals surface area contributed by atoms with E-state index in [1.165, 1.54) is 0 Å². The molecule has 2 rings (SSSR count). The highest BCUT2D eigenvalue weighted by molar-refractivity contribution is 6.39. The van der Waals surface area contributed by atoms with Gasteiger partial charge in [-0.15, -0.1) is 0 Å². The number of hydrogen-bond donors (Lipinski definition) is 1. The van der Waals surface area contributed by atoms with Crippen molar-refractivity contribution in [3.8, 4) is 0 Å². The Morgan fingerprint density at radius 2 is 1.71 bits per heavy atom. The molecule has 0 bridgehead atoms. The summed E-state index contributed by atoms with van der Waals surface area (Å²) in [7, 11) is 0. The summed E-state index contributed by atoms with van der Waals surface area (Å²) in [6.07, 6.45) is -0.951. The van der Waals surface area contributed by atoms with Crippen molar-refractivity contribution in [2.45, 2.75) is 6.61 Å². The summed E-state index contributed by atoms with van der Waals surface area (Å²) < 4.78 is 31.3. The lowest BCUT2D eigenvalue weighted by Crippen LogP contribution is -2.15. The first-order valence-corrected chi connectivity index (χ1v) is 6.42. The van der Waals surface area contributed by atoms with Crippen LogP contribution < -0.4 is 5.32 Å². The van der Waals surface area contributed by atoms with Gasteiger partial charge in [-0.3, -0.25) is 5.32 Å². The number of aromatic nitrogens is 1. The van der Waals surface area contributed by atoms with E-state index >= 15 is 0 Å². The number of amides is 1. The van der Waals surface area contributed by atoms with Gasteiger partial charge in [0.25, 0.3) is 0 Å². The Morgan fingerprint density at radius 3 is 2.29 bits per heavy atom. The van der Waals surface area contributed by atoms with E-state index in [0.29, 0.717) is 0 Å². The number of benzene rings is 1. The third-order valence-electron chi connectivity index (χ3n) is 2.44. The van der Waals surface area contributed by atoms with Crippen LogP contribution in [0.5, 0.6) is 0 Å². The van der Waals surface area contributed by atoms with E-state index in [1.54, 1.807) is 24.3 Å². The van der Waals surface area contributed by atoms with E-state index in [2.05, 4.69) is 10.3 Å². The van der Waals surface area contributed by atoms with Gasteiger partial charge < -0.3 is 4.74 Å². The van der Waals surface area contributed by atoms with Crippen LogP contribution in [0, 0.1) is 11.9 Å². The number of nitrogens with zero attached hydrogens (tertiary/aromatic N) is 1. The second kappa shape index (κ2) is 6.69. The number of nitrogens with one attached hydrogen (secondary N) is 1. The van der Waals surface area contributed by atoms with Gasteiger partial charge in [-0.2, -0.15) is 13.8 Å². The predicted molar refractivity (Wildman–Crippen MR) is 74.4 cm³/mol. The highest BCUT2D eigenvalue weighted by Crippen LogP contribution is 2.33. The van der Waals surface area contributed by atoms with Crippen molar-refractivity contribution in [2.24, 2.45) is 0 Å². The van der Waals surface area contributed by atoms with E-state index < -0.39 is 33.7 Å². The zero-order chi connectivity index (χ0) is 15.4. The summed E-state index contributed by atoms with van der Waals surface area (Å²) in [5.41, 5.74) is 0.318. The Labute approximate surface area is 128 Å². The molecule has 0 fully saturated rings. The van der Waals surface area contributed by atoms with Crippen LogP contribution in [0.15, 0.2) is 30.3 Å². The van der Waals surface area contributed by atoms with Gasteiger partial charge in [0, 0.05) is 0 Å². The van der Waals surface area contributed by atoms with Crippen LogP contribution in [-0.4, -0.2) is 11.1 Å². The average Bonchev–Trinajstić information content (AvgIpc) is 2.48. The number of pyridine rings is 1. The minimum absolute atomic E-state index is 0.0159. The minimum Gasteiger partial charge on any atom is -0.444 e. The van der Waals surface area contributed by atoms with Crippen LogP contribution in [0.3, 0.4) is 0 Å².